The summed E-state index contributed by atoms with van der Waals surface area (Å²) in [6.45, 7) is 1.40. The zero-order chi connectivity index (χ0) is 12.3. The number of nitrogens with one attached hydrogen (secondary N) is 1. The average molecular weight is 287 g/mol. The smallest absolute Gasteiger partial charge is 0.268 e. The van der Waals surface area contributed by atoms with Gasteiger partial charge in [-0.3, -0.25) is 15.0 Å². The average Bonchev–Trinajstić information content (AvgIpc) is 2.26. The summed E-state index contributed by atoms with van der Waals surface area (Å²) in [6, 6.07) is 3.13. The highest BCUT2D eigenvalue weighted by molar-refractivity contribution is 9.10. The number of hydrogen-bond donors (Lipinski definition) is 2. The highest BCUT2D eigenvalue weighted by atomic mass is 79.9. The van der Waals surface area contributed by atoms with E-state index in [4.69, 9.17) is 10.6 Å². The molecule has 0 aliphatic rings. The molecule has 0 fully saturated rings. The Balaban J connectivity index is 3.48. The standard InChI is InChI=1S/C10H11BrN2O3/c1-5(14)8-7(11)4-3-6(9(8)16-2)10(15)13-12/h3-4H,12H2,1-2H3,(H,13,15). The first kappa shape index (κ1) is 12.7. The molecule has 0 spiro atoms. The number of benzene rings is 1. The molecular weight excluding hydrogens is 276 g/mol. The van der Waals surface area contributed by atoms with Crippen LogP contribution in [-0.4, -0.2) is 18.8 Å². The zero-order valence-electron chi connectivity index (χ0n) is 8.83. The number of methoxy groups -OCH3 is 1. The maximum Gasteiger partial charge on any atom is 0.268 e. The molecule has 1 aromatic rings. The normalized spacial score (nSPS) is 9.75. The summed E-state index contributed by atoms with van der Waals surface area (Å²) in [5.74, 6) is 4.55. The van der Waals surface area contributed by atoms with E-state index < -0.39 is 5.91 Å². The van der Waals surface area contributed by atoms with E-state index in [0.717, 1.165) is 0 Å². The van der Waals surface area contributed by atoms with E-state index >= 15 is 0 Å². The fourth-order valence-electron chi connectivity index (χ4n) is 1.36. The molecular formula is C10H11BrN2O3. The quantitative estimate of drug-likeness (QED) is 0.379. The molecule has 16 heavy (non-hydrogen) atoms. The van der Waals surface area contributed by atoms with Crippen molar-refractivity contribution in [2.45, 2.75) is 6.92 Å². The lowest BCUT2D eigenvalue weighted by molar-refractivity contribution is 0.0950. The van der Waals surface area contributed by atoms with Gasteiger partial charge >= 0.3 is 0 Å². The second-order valence-electron chi connectivity index (χ2n) is 3.03. The Morgan fingerprint density at radius 3 is 2.50 bits per heavy atom. The number of hydrazine groups is 1. The van der Waals surface area contributed by atoms with Gasteiger partial charge in [0.15, 0.2) is 5.78 Å². The van der Waals surface area contributed by atoms with Gasteiger partial charge in [-0.2, -0.15) is 0 Å². The molecule has 0 saturated heterocycles. The number of nitrogens with two attached hydrogens (primary N) is 1. The fourth-order valence-corrected chi connectivity index (χ4v) is 1.95. The number of rotatable bonds is 3. The molecule has 0 aliphatic carbocycles. The van der Waals surface area contributed by atoms with Gasteiger partial charge in [-0.25, -0.2) is 5.84 Å². The third-order valence-corrected chi connectivity index (χ3v) is 2.70. The topological polar surface area (TPSA) is 81.4 Å². The first-order valence-corrected chi connectivity index (χ1v) is 5.20. The first-order chi connectivity index (χ1) is 7.52. The van der Waals surface area contributed by atoms with E-state index in [9.17, 15) is 9.59 Å². The highest BCUT2D eigenvalue weighted by Crippen LogP contribution is 2.31. The molecule has 0 atom stereocenters. The Hall–Kier alpha value is -1.40. The van der Waals surface area contributed by atoms with E-state index in [1.807, 2.05) is 5.43 Å². The molecule has 0 radical (unpaired) electrons. The molecule has 1 amide bonds. The SMILES string of the molecule is COc1c(C(=O)NN)ccc(Br)c1C(C)=O. The van der Waals surface area contributed by atoms with E-state index in [1.54, 1.807) is 6.07 Å². The summed E-state index contributed by atoms with van der Waals surface area (Å²) < 4.78 is 5.65. The van der Waals surface area contributed by atoms with Crippen molar-refractivity contribution in [3.05, 3.63) is 27.7 Å². The number of ether oxygens (including phenoxy) is 1. The summed E-state index contributed by atoms with van der Waals surface area (Å²) in [5, 5.41) is 0. The van der Waals surface area contributed by atoms with Gasteiger partial charge < -0.3 is 4.74 Å². The molecule has 1 rings (SSSR count). The van der Waals surface area contributed by atoms with Crippen LogP contribution in [0.15, 0.2) is 16.6 Å². The lowest BCUT2D eigenvalue weighted by atomic mass is 10.1. The summed E-state index contributed by atoms with van der Waals surface area (Å²) in [6.07, 6.45) is 0. The number of carbonyl (C=O) groups excluding carboxylic acids is 2. The van der Waals surface area contributed by atoms with Crippen LogP contribution in [0.3, 0.4) is 0 Å². The van der Waals surface area contributed by atoms with Crippen LogP contribution in [0.5, 0.6) is 5.75 Å². The van der Waals surface area contributed by atoms with E-state index in [0.29, 0.717) is 10.0 Å². The summed E-state index contributed by atoms with van der Waals surface area (Å²) >= 11 is 3.23. The molecule has 1 aromatic carbocycles. The van der Waals surface area contributed by atoms with Crippen molar-refractivity contribution in [3.63, 3.8) is 0 Å². The van der Waals surface area contributed by atoms with E-state index in [-0.39, 0.29) is 17.1 Å². The predicted molar refractivity (Wildman–Crippen MR) is 62.4 cm³/mol. The first-order valence-electron chi connectivity index (χ1n) is 4.41. The molecule has 6 heteroatoms. The van der Waals surface area contributed by atoms with Gasteiger partial charge in [0.05, 0.1) is 18.2 Å². The van der Waals surface area contributed by atoms with Gasteiger partial charge in [-0.15, -0.1) is 0 Å². The van der Waals surface area contributed by atoms with Gasteiger partial charge in [0.1, 0.15) is 5.75 Å². The van der Waals surface area contributed by atoms with Gasteiger partial charge in [-0.05, 0) is 35.0 Å². The summed E-state index contributed by atoms with van der Waals surface area (Å²) in [7, 11) is 1.39. The van der Waals surface area contributed by atoms with Crippen LogP contribution in [-0.2, 0) is 0 Å². The minimum absolute atomic E-state index is 0.199. The van der Waals surface area contributed by atoms with Gasteiger partial charge in [-0.1, -0.05) is 0 Å². The molecule has 5 nitrogen and oxygen atoms in total. The van der Waals surface area contributed by atoms with Gasteiger partial charge in [0, 0.05) is 4.47 Å². The minimum atomic E-state index is -0.508. The van der Waals surface area contributed by atoms with Crippen molar-refractivity contribution in [1.82, 2.24) is 5.43 Å². The van der Waals surface area contributed by atoms with Crippen LogP contribution in [0.4, 0.5) is 0 Å². The van der Waals surface area contributed by atoms with Crippen molar-refractivity contribution >= 4 is 27.6 Å². The van der Waals surface area contributed by atoms with Crippen molar-refractivity contribution in [2.24, 2.45) is 5.84 Å². The lowest BCUT2D eigenvalue weighted by Gasteiger charge is -2.12. The number of halogens is 1. The van der Waals surface area contributed by atoms with Crippen LogP contribution >= 0.6 is 15.9 Å². The molecule has 0 saturated carbocycles. The van der Waals surface area contributed by atoms with E-state index in [2.05, 4.69) is 15.9 Å². The van der Waals surface area contributed by atoms with E-state index in [1.165, 1.54) is 20.1 Å². The van der Waals surface area contributed by atoms with Crippen LogP contribution in [0.2, 0.25) is 0 Å². The largest absolute Gasteiger partial charge is 0.495 e. The third-order valence-electron chi connectivity index (χ3n) is 2.04. The molecule has 0 aliphatic heterocycles. The summed E-state index contributed by atoms with van der Waals surface area (Å²) in [5.41, 5.74) is 2.54. The second kappa shape index (κ2) is 5.09. The fraction of sp³-hybridized carbons (Fsp3) is 0.200. The Bertz CT molecular complexity index is 446. The molecule has 0 unspecified atom stereocenters. The maximum atomic E-state index is 11.4. The minimum Gasteiger partial charge on any atom is -0.495 e. The third kappa shape index (κ3) is 2.23. The van der Waals surface area contributed by atoms with Crippen molar-refractivity contribution in [2.75, 3.05) is 7.11 Å². The Kier molecular flexibility index (Phi) is 4.03. The number of amides is 1. The highest BCUT2D eigenvalue weighted by Gasteiger charge is 2.20. The Labute approximate surface area is 101 Å². The van der Waals surface area contributed by atoms with Crippen LogP contribution < -0.4 is 16.0 Å². The van der Waals surface area contributed by atoms with Gasteiger partial charge in [0.25, 0.3) is 5.91 Å². The Morgan fingerprint density at radius 2 is 2.06 bits per heavy atom. The van der Waals surface area contributed by atoms with Gasteiger partial charge in [0.2, 0.25) is 0 Å². The van der Waals surface area contributed by atoms with Crippen LogP contribution in [0.1, 0.15) is 27.6 Å². The second-order valence-corrected chi connectivity index (χ2v) is 3.89. The number of hydrogen-bond acceptors (Lipinski definition) is 4. The predicted octanol–water partition coefficient (Wildman–Crippen LogP) is 1.26. The summed E-state index contributed by atoms with van der Waals surface area (Å²) in [4.78, 5) is 22.9. The monoisotopic (exact) mass is 286 g/mol. The molecule has 86 valence electrons. The number of ketones is 1. The number of carbonyl (C=O) groups is 2. The lowest BCUT2D eigenvalue weighted by Crippen LogP contribution is -2.30. The van der Waals surface area contributed by atoms with Crippen molar-refractivity contribution in [3.8, 4) is 5.75 Å². The van der Waals surface area contributed by atoms with Crippen molar-refractivity contribution < 1.29 is 14.3 Å². The van der Waals surface area contributed by atoms with Crippen molar-refractivity contribution in [1.29, 1.82) is 0 Å². The van der Waals surface area contributed by atoms with Crippen LogP contribution in [0, 0.1) is 0 Å². The molecule has 3 N–H and O–H groups in total. The maximum absolute atomic E-state index is 11.4. The number of nitrogen functional groups attached to an aromatic ring is 1. The molecule has 0 heterocycles. The Morgan fingerprint density at radius 1 is 1.44 bits per heavy atom. The zero-order valence-corrected chi connectivity index (χ0v) is 10.4. The van der Waals surface area contributed by atoms with Crippen LogP contribution in [0.25, 0.3) is 0 Å². The molecule has 0 aromatic heterocycles. The molecule has 0 bridgehead atoms. The number of Topliss-reactive ketones (excluding diaryl/α,β-unsaturated/α-hetero) is 1.